The van der Waals surface area contributed by atoms with Gasteiger partial charge in [-0.2, -0.15) is 17.4 Å². The van der Waals surface area contributed by atoms with Crippen molar-refractivity contribution >= 4 is 10.2 Å². The van der Waals surface area contributed by atoms with E-state index < -0.39 is 10.2 Å². The summed E-state index contributed by atoms with van der Waals surface area (Å²) in [5.74, 6) is 0. The van der Waals surface area contributed by atoms with Crippen LogP contribution in [0.1, 0.15) is 26.7 Å². The second kappa shape index (κ2) is 4.37. The molecule has 1 rings (SSSR count). The molecule has 1 atom stereocenters. The average Bonchev–Trinajstić information content (AvgIpc) is 2.68. The first-order valence-corrected chi connectivity index (χ1v) is 6.58. The van der Waals surface area contributed by atoms with Gasteiger partial charge >= 0.3 is 0 Å². The van der Waals surface area contributed by atoms with Gasteiger partial charge in [-0.25, -0.2) is 0 Å². The summed E-state index contributed by atoms with van der Waals surface area (Å²) >= 11 is 0. The number of hydrogen-bond acceptors (Lipinski definition) is 3. The maximum Gasteiger partial charge on any atom is 0.279 e. The molecule has 0 radical (unpaired) electrons. The summed E-state index contributed by atoms with van der Waals surface area (Å²) in [6.07, 6.45) is 1.35. The van der Waals surface area contributed by atoms with E-state index >= 15 is 0 Å². The third kappa shape index (κ3) is 3.41. The van der Waals surface area contributed by atoms with E-state index in [1.54, 1.807) is 0 Å². The first-order valence-electron chi connectivity index (χ1n) is 5.14. The predicted octanol–water partition coefficient (Wildman–Crippen LogP) is -0.0665. The van der Waals surface area contributed by atoms with E-state index in [-0.39, 0.29) is 18.1 Å². The van der Waals surface area contributed by atoms with E-state index in [1.165, 1.54) is 11.4 Å². The van der Waals surface area contributed by atoms with Gasteiger partial charge in [0.25, 0.3) is 10.2 Å². The lowest BCUT2D eigenvalue weighted by atomic mass is 10.2. The van der Waals surface area contributed by atoms with E-state index in [0.29, 0.717) is 13.0 Å². The molecule has 1 fully saturated rings. The van der Waals surface area contributed by atoms with Crippen molar-refractivity contribution in [1.82, 2.24) is 9.03 Å². The summed E-state index contributed by atoms with van der Waals surface area (Å²) in [5.41, 5.74) is 0.0882. The number of nitrogens with zero attached hydrogens (tertiary/aromatic N) is 1. The lowest BCUT2D eigenvalue weighted by Gasteiger charge is -2.17. The summed E-state index contributed by atoms with van der Waals surface area (Å²) in [6, 6.07) is 0.0547. The van der Waals surface area contributed by atoms with Crippen molar-refractivity contribution < 1.29 is 13.5 Å². The molecular formula is C9H20N2O3S. The molecule has 1 saturated carbocycles. The van der Waals surface area contributed by atoms with Crippen LogP contribution in [0.25, 0.3) is 0 Å². The molecule has 0 aromatic rings. The third-order valence-electron chi connectivity index (χ3n) is 2.85. The van der Waals surface area contributed by atoms with Gasteiger partial charge < -0.3 is 5.11 Å². The van der Waals surface area contributed by atoms with Crippen molar-refractivity contribution in [3.63, 3.8) is 0 Å². The van der Waals surface area contributed by atoms with E-state index in [1.807, 2.05) is 13.8 Å². The lowest BCUT2D eigenvalue weighted by Crippen LogP contribution is -2.41. The van der Waals surface area contributed by atoms with Crippen LogP contribution in [0.15, 0.2) is 0 Å². The van der Waals surface area contributed by atoms with E-state index in [2.05, 4.69) is 4.72 Å². The fraction of sp³-hybridized carbons (Fsp3) is 1.00. The highest BCUT2D eigenvalue weighted by Crippen LogP contribution is 2.45. The van der Waals surface area contributed by atoms with Gasteiger partial charge in [-0.05, 0) is 18.3 Å². The summed E-state index contributed by atoms with van der Waals surface area (Å²) < 4.78 is 27.3. The zero-order valence-electron chi connectivity index (χ0n) is 9.52. The first-order chi connectivity index (χ1) is 6.79. The van der Waals surface area contributed by atoms with Crippen molar-refractivity contribution in [2.45, 2.75) is 32.7 Å². The van der Waals surface area contributed by atoms with Gasteiger partial charge in [-0.15, -0.1) is 0 Å². The SMILES string of the molecule is CN(CCCO)S(=O)(=O)NC1CC1(C)C. The number of hydrogen-bond donors (Lipinski definition) is 2. The highest BCUT2D eigenvalue weighted by Gasteiger charge is 2.48. The normalized spacial score (nSPS) is 24.5. The Labute approximate surface area is 91.7 Å². The molecule has 0 aromatic heterocycles. The molecule has 1 aliphatic rings. The van der Waals surface area contributed by atoms with E-state index in [4.69, 9.17) is 5.11 Å². The van der Waals surface area contributed by atoms with Crippen LogP contribution in [0.3, 0.4) is 0 Å². The van der Waals surface area contributed by atoms with Crippen molar-refractivity contribution in [1.29, 1.82) is 0 Å². The average molecular weight is 236 g/mol. The lowest BCUT2D eigenvalue weighted by molar-refractivity contribution is 0.275. The van der Waals surface area contributed by atoms with Gasteiger partial charge in [0.15, 0.2) is 0 Å². The van der Waals surface area contributed by atoms with Gasteiger partial charge in [0.05, 0.1) is 0 Å². The fourth-order valence-corrected chi connectivity index (χ4v) is 2.66. The Morgan fingerprint density at radius 2 is 2.07 bits per heavy atom. The largest absolute Gasteiger partial charge is 0.396 e. The molecule has 5 nitrogen and oxygen atoms in total. The third-order valence-corrected chi connectivity index (χ3v) is 4.43. The maximum absolute atomic E-state index is 11.7. The highest BCUT2D eigenvalue weighted by atomic mass is 32.2. The van der Waals surface area contributed by atoms with Crippen LogP contribution in [0, 0.1) is 5.41 Å². The van der Waals surface area contributed by atoms with Crippen LogP contribution in [-0.2, 0) is 10.2 Å². The van der Waals surface area contributed by atoms with Crippen molar-refractivity contribution in [3.8, 4) is 0 Å². The second-order valence-corrected chi connectivity index (χ2v) is 6.58. The van der Waals surface area contributed by atoms with Gasteiger partial charge in [-0.3, -0.25) is 0 Å². The molecule has 90 valence electrons. The molecule has 0 saturated heterocycles. The van der Waals surface area contributed by atoms with Crippen molar-refractivity contribution in [2.75, 3.05) is 20.2 Å². The number of aliphatic hydroxyl groups is 1. The molecule has 2 N–H and O–H groups in total. The molecule has 0 aliphatic heterocycles. The van der Waals surface area contributed by atoms with Crippen molar-refractivity contribution in [3.05, 3.63) is 0 Å². The van der Waals surface area contributed by atoms with Crippen LogP contribution in [0.4, 0.5) is 0 Å². The second-order valence-electron chi connectivity index (χ2n) is 4.77. The zero-order valence-corrected chi connectivity index (χ0v) is 10.3. The van der Waals surface area contributed by atoms with Gasteiger partial charge in [0, 0.05) is 26.2 Å². The highest BCUT2D eigenvalue weighted by molar-refractivity contribution is 7.87. The zero-order chi connectivity index (χ0) is 11.7. The number of rotatable bonds is 6. The Morgan fingerprint density at radius 1 is 1.53 bits per heavy atom. The topological polar surface area (TPSA) is 69.6 Å². The first kappa shape index (κ1) is 12.9. The van der Waals surface area contributed by atoms with Gasteiger partial charge in [-0.1, -0.05) is 13.8 Å². The quantitative estimate of drug-likeness (QED) is 0.678. The minimum atomic E-state index is -3.37. The predicted molar refractivity (Wildman–Crippen MR) is 58.6 cm³/mol. The summed E-state index contributed by atoms with van der Waals surface area (Å²) in [6.45, 7) is 4.43. The van der Waals surface area contributed by atoms with E-state index in [0.717, 1.165) is 6.42 Å². The Bertz CT molecular complexity index is 313. The molecule has 15 heavy (non-hydrogen) atoms. The molecule has 0 amide bonds. The molecule has 0 bridgehead atoms. The number of aliphatic hydroxyl groups excluding tert-OH is 1. The van der Waals surface area contributed by atoms with Crippen molar-refractivity contribution in [2.24, 2.45) is 5.41 Å². The molecule has 0 spiro atoms. The molecule has 1 unspecified atom stereocenters. The monoisotopic (exact) mass is 236 g/mol. The summed E-state index contributed by atoms with van der Waals surface area (Å²) in [7, 11) is -1.85. The van der Waals surface area contributed by atoms with Gasteiger partial charge in [0.1, 0.15) is 0 Å². The van der Waals surface area contributed by atoms with Crippen LogP contribution in [-0.4, -0.2) is 44.1 Å². The fourth-order valence-electron chi connectivity index (χ4n) is 1.35. The van der Waals surface area contributed by atoms with E-state index in [9.17, 15) is 8.42 Å². The number of nitrogens with one attached hydrogen (secondary N) is 1. The molecule has 0 heterocycles. The minimum absolute atomic E-state index is 0.00871. The maximum atomic E-state index is 11.7. The van der Waals surface area contributed by atoms with Gasteiger partial charge in [0.2, 0.25) is 0 Å². The summed E-state index contributed by atoms with van der Waals surface area (Å²) in [5, 5.41) is 8.62. The molecular weight excluding hydrogens is 216 g/mol. The molecule has 0 aromatic carbocycles. The van der Waals surface area contributed by atoms with Crippen LogP contribution in [0.5, 0.6) is 0 Å². The van der Waals surface area contributed by atoms with Crippen LogP contribution < -0.4 is 4.72 Å². The van der Waals surface area contributed by atoms with Crippen LogP contribution >= 0.6 is 0 Å². The Hall–Kier alpha value is -0.170. The molecule has 6 heteroatoms. The molecule has 1 aliphatic carbocycles. The minimum Gasteiger partial charge on any atom is -0.396 e. The Balaban J connectivity index is 2.45. The summed E-state index contributed by atoms with van der Waals surface area (Å²) in [4.78, 5) is 0. The van der Waals surface area contributed by atoms with Crippen LogP contribution in [0.2, 0.25) is 0 Å². The Morgan fingerprint density at radius 3 is 2.47 bits per heavy atom. The Kier molecular flexibility index (Phi) is 3.76. The smallest absolute Gasteiger partial charge is 0.279 e. The standard InChI is InChI=1S/C9H20N2O3S/c1-9(2)7-8(9)10-15(13,14)11(3)5-4-6-12/h8,10,12H,4-7H2,1-3H3.